The Hall–Kier alpha value is -1.28. The highest BCUT2D eigenvalue weighted by molar-refractivity contribution is 7.80. The molecule has 1 nitrogen and oxygen atoms in total. The molecule has 0 bridgehead atoms. The van der Waals surface area contributed by atoms with Gasteiger partial charge in [-0.05, 0) is 35.5 Å². The fourth-order valence-corrected chi connectivity index (χ4v) is 4.40. The average molecular weight is 328 g/mol. The molecule has 23 heavy (non-hydrogen) atoms. The number of hydrogen-bond acceptors (Lipinski definition) is 2. The zero-order valence-corrected chi connectivity index (χ0v) is 15.9. The first-order chi connectivity index (χ1) is 11.0. The minimum atomic E-state index is -0.126. The summed E-state index contributed by atoms with van der Waals surface area (Å²) in [4.78, 5) is 5.87. The lowest BCUT2D eigenvalue weighted by atomic mass is 9.57. The topological polar surface area (TPSA) is 12.9 Å². The first-order valence-corrected chi connectivity index (χ1v) is 9.19. The normalized spacial score (nSPS) is 20.1. The highest BCUT2D eigenvalue weighted by atomic mass is 32.1. The summed E-state index contributed by atoms with van der Waals surface area (Å²) in [7, 11) is 0. The van der Waals surface area contributed by atoms with Crippen LogP contribution in [-0.2, 0) is 5.41 Å². The van der Waals surface area contributed by atoms with Crippen molar-refractivity contribution in [3.8, 4) is 0 Å². The smallest absolute Gasteiger partial charge is 0.0515 e. The third-order valence-corrected chi connectivity index (χ3v) is 6.05. The van der Waals surface area contributed by atoms with E-state index in [0.717, 1.165) is 17.0 Å². The summed E-state index contributed by atoms with van der Waals surface area (Å²) in [6, 6.07) is 6.28. The van der Waals surface area contributed by atoms with E-state index in [2.05, 4.69) is 65.0 Å². The third-order valence-electron chi connectivity index (χ3n) is 5.66. The molecule has 124 valence electrons. The van der Waals surface area contributed by atoms with Crippen molar-refractivity contribution >= 4 is 17.1 Å². The van der Waals surface area contributed by atoms with Gasteiger partial charge < -0.3 is 0 Å². The Morgan fingerprint density at radius 2 is 1.96 bits per heavy atom. The van der Waals surface area contributed by atoms with Crippen molar-refractivity contribution in [1.29, 1.82) is 0 Å². The van der Waals surface area contributed by atoms with E-state index < -0.39 is 0 Å². The SMILES string of the molecule is CCC(C)C(C)C(C1=CC=CCC1=S)(c1ccccn1)C(C)C. The molecule has 3 unspecified atom stereocenters. The number of allylic oxidation sites excluding steroid dienone is 4. The summed E-state index contributed by atoms with van der Waals surface area (Å²) in [5, 5.41) is 0. The second-order valence-corrected chi connectivity index (χ2v) is 7.54. The van der Waals surface area contributed by atoms with E-state index in [4.69, 9.17) is 17.2 Å². The fourth-order valence-electron chi connectivity index (χ4n) is 4.07. The van der Waals surface area contributed by atoms with E-state index in [-0.39, 0.29) is 5.41 Å². The Labute approximate surface area is 146 Å². The summed E-state index contributed by atoms with van der Waals surface area (Å²) in [6.45, 7) is 11.6. The molecule has 2 heteroatoms. The maximum atomic E-state index is 5.79. The maximum absolute atomic E-state index is 5.79. The minimum absolute atomic E-state index is 0.126. The first-order valence-electron chi connectivity index (χ1n) is 8.78. The van der Waals surface area contributed by atoms with Crippen LogP contribution in [0.4, 0.5) is 0 Å². The lowest BCUT2D eigenvalue weighted by Crippen LogP contribution is -2.46. The molecule has 1 aromatic rings. The van der Waals surface area contributed by atoms with Gasteiger partial charge in [-0.15, -0.1) is 0 Å². The van der Waals surface area contributed by atoms with Crippen LogP contribution in [0, 0.1) is 17.8 Å². The summed E-state index contributed by atoms with van der Waals surface area (Å²) in [6.07, 6.45) is 10.5. The van der Waals surface area contributed by atoms with E-state index in [0.29, 0.717) is 17.8 Å². The minimum Gasteiger partial charge on any atom is -0.260 e. The lowest BCUT2D eigenvalue weighted by molar-refractivity contribution is 0.186. The molecule has 3 atom stereocenters. The van der Waals surface area contributed by atoms with Gasteiger partial charge in [-0.25, -0.2) is 0 Å². The second-order valence-electron chi connectivity index (χ2n) is 7.05. The van der Waals surface area contributed by atoms with Gasteiger partial charge in [0.15, 0.2) is 0 Å². The molecule has 0 aliphatic heterocycles. The number of thiocarbonyl (C=S) groups is 1. The largest absolute Gasteiger partial charge is 0.260 e. The Morgan fingerprint density at radius 3 is 2.48 bits per heavy atom. The quantitative estimate of drug-likeness (QED) is 0.602. The molecule has 0 aromatic carbocycles. The van der Waals surface area contributed by atoms with Gasteiger partial charge in [0.1, 0.15) is 0 Å². The Bertz CT molecular complexity index is 600. The molecular formula is C21H29NS. The maximum Gasteiger partial charge on any atom is 0.0515 e. The van der Waals surface area contributed by atoms with Gasteiger partial charge in [0, 0.05) is 22.9 Å². The highest BCUT2D eigenvalue weighted by Crippen LogP contribution is 2.49. The molecule has 0 saturated carbocycles. The van der Waals surface area contributed by atoms with Crippen LogP contribution in [0.2, 0.25) is 0 Å². The van der Waals surface area contributed by atoms with Crippen LogP contribution < -0.4 is 0 Å². The molecule has 0 saturated heterocycles. The van der Waals surface area contributed by atoms with Crippen LogP contribution in [0.3, 0.4) is 0 Å². The van der Waals surface area contributed by atoms with Crippen LogP contribution in [0.5, 0.6) is 0 Å². The second kappa shape index (κ2) is 7.53. The predicted octanol–water partition coefficient (Wildman–Crippen LogP) is 5.91. The van der Waals surface area contributed by atoms with Crippen molar-refractivity contribution in [2.24, 2.45) is 17.8 Å². The van der Waals surface area contributed by atoms with Gasteiger partial charge in [0.05, 0.1) is 5.69 Å². The van der Waals surface area contributed by atoms with Crippen molar-refractivity contribution in [3.05, 3.63) is 53.9 Å². The molecular weight excluding hydrogens is 298 g/mol. The van der Waals surface area contributed by atoms with E-state index in [1.807, 2.05) is 12.3 Å². The standard InChI is InChI=1S/C21H29NS/c1-6-16(4)17(5)21(15(2)3,20-13-9-10-14-22-20)18-11-7-8-12-19(18)23/h7-11,13-17H,6,12H2,1-5H3. The van der Waals surface area contributed by atoms with Gasteiger partial charge >= 0.3 is 0 Å². The monoisotopic (exact) mass is 327 g/mol. The molecule has 0 N–H and O–H groups in total. The van der Waals surface area contributed by atoms with E-state index in [1.54, 1.807) is 0 Å². The summed E-state index contributed by atoms with van der Waals surface area (Å²) in [5.41, 5.74) is 2.33. The van der Waals surface area contributed by atoms with Gasteiger partial charge in [-0.1, -0.05) is 77.6 Å². The average Bonchev–Trinajstić information content (AvgIpc) is 2.57. The van der Waals surface area contributed by atoms with Crippen molar-refractivity contribution in [2.45, 2.75) is 52.9 Å². The van der Waals surface area contributed by atoms with Crippen LogP contribution in [-0.4, -0.2) is 9.85 Å². The zero-order valence-electron chi connectivity index (χ0n) is 15.0. The van der Waals surface area contributed by atoms with Gasteiger partial charge in [-0.3, -0.25) is 4.98 Å². The lowest BCUT2D eigenvalue weighted by Gasteiger charge is -2.47. The Kier molecular flexibility index (Phi) is 5.91. The Balaban J connectivity index is 2.73. The van der Waals surface area contributed by atoms with Crippen LogP contribution >= 0.6 is 12.2 Å². The van der Waals surface area contributed by atoms with E-state index >= 15 is 0 Å². The van der Waals surface area contributed by atoms with Crippen molar-refractivity contribution in [3.63, 3.8) is 0 Å². The summed E-state index contributed by atoms with van der Waals surface area (Å²) < 4.78 is 0. The van der Waals surface area contributed by atoms with Gasteiger partial charge in [0.25, 0.3) is 0 Å². The van der Waals surface area contributed by atoms with Crippen molar-refractivity contribution < 1.29 is 0 Å². The molecule has 1 aliphatic carbocycles. The number of pyridine rings is 1. The highest BCUT2D eigenvalue weighted by Gasteiger charge is 2.47. The molecule has 0 amide bonds. The molecule has 0 radical (unpaired) electrons. The Morgan fingerprint density at radius 1 is 1.22 bits per heavy atom. The molecule has 0 fully saturated rings. The van der Waals surface area contributed by atoms with Crippen LogP contribution in [0.1, 0.15) is 53.2 Å². The van der Waals surface area contributed by atoms with Crippen molar-refractivity contribution in [2.75, 3.05) is 0 Å². The number of nitrogens with zero attached hydrogens (tertiary/aromatic N) is 1. The molecule has 1 heterocycles. The van der Waals surface area contributed by atoms with Crippen LogP contribution in [0.25, 0.3) is 0 Å². The van der Waals surface area contributed by atoms with E-state index in [1.165, 1.54) is 12.0 Å². The molecule has 1 aliphatic rings. The van der Waals surface area contributed by atoms with Gasteiger partial charge in [-0.2, -0.15) is 0 Å². The van der Waals surface area contributed by atoms with Crippen molar-refractivity contribution in [1.82, 2.24) is 4.98 Å². The van der Waals surface area contributed by atoms with Crippen LogP contribution in [0.15, 0.2) is 48.2 Å². The summed E-state index contributed by atoms with van der Waals surface area (Å²) in [5.74, 6) is 1.50. The van der Waals surface area contributed by atoms with Gasteiger partial charge in [0.2, 0.25) is 0 Å². The third kappa shape index (κ3) is 3.19. The first kappa shape index (κ1) is 18.1. The number of hydrogen-bond donors (Lipinski definition) is 0. The molecule has 1 aromatic heterocycles. The predicted molar refractivity (Wildman–Crippen MR) is 104 cm³/mol. The summed E-state index contributed by atoms with van der Waals surface area (Å²) >= 11 is 5.79. The zero-order chi connectivity index (χ0) is 17.0. The number of aromatic nitrogens is 1. The molecule has 0 spiro atoms. The number of rotatable bonds is 6. The van der Waals surface area contributed by atoms with E-state index in [9.17, 15) is 0 Å². The molecule has 2 rings (SSSR count). The fraction of sp³-hybridized carbons (Fsp3) is 0.524.